The van der Waals surface area contributed by atoms with E-state index in [-0.39, 0.29) is 12.0 Å². The van der Waals surface area contributed by atoms with E-state index in [4.69, 9.17) is 17.2 Å². The van der Waals surface area contributed by atoms with E-state index in [2.05, 4.69) is 16.9 Å². The van der Waals surface area contributed by atoms with Crippen LogP contribution in [0.5, 0.6) is 0 Å². The fourth-order valence-electron chi connectivity index (χ4n) is 1.03. The summed E-state index contributed by atoms with van der Waals surface area (Å²) >= 11 is 0. The predicted molar refractivity (Wildman–Crippen MR) is 48.8 cm³/mol. The number of hydrogen-bond donors (Lipinski definition) is 4. The number of dihydropyridines is 1. The predicted octanol–water partition coefficient (Wildman–Crippen LogP) is -1.06. The molecule has 5 nitrogen and oxygen atoms in total. The molecule has 1 aliphatic heterocycles. The lowest BCUT2D eigenvalue weighted by molar-refractivity contribution is 0.659. The molecule has 5 heteroatoms. The Kier molecular flexibility index (Phi) is 2.35. The topological polar surface area (TPSA) is 102 Å². The molecule has 0 fully saturated rings. The van der Waals surface area contributed by atoms with Crippen LogP contribution in [0.15, 0.2) is 29.2 Å². The third-order valence-electron chi connectivity index (χ3n) is 1.60. The summed E-state index contributed by atoms with van der Waals surface area (Å²) in [6.07, 6.45) is 1.80. The number of nitrogens with zero attached hydrogens (tertiary/aromatic N) is 1. The molecule has 0 aliphatic carbocycles. The summed E-state index contributed by atoms with van der Waals surface area (Å²) in [5.41, 5.74) is 17.9. The molecule has 1 atom stereocenters. The van der Waals surface area contributed by atoms with Crippen LogP contribution in [-0.4, -0.2) is 12.0 Å². The molecule has 0 saturated carbocycles. The molecule has 0 aromatic heterocycles. The van der Waals surface area contributed by atoms with Gasteiger partial charge in [0.1, 0.15) is 12.0 Å². The van der Waals surface area contributed by atoms with Crippen molar-refractivity contribution in [3.8, 4) is 0 Å². The van der Waals surface area contributed by atoms with E-state index in [9.17, 15) is 0 Å². The van der Waals surface area contributed by atoms with Crippen LogP contribution in [0.1, 0.15) is 6.42 Å². The monoisotopic (exact) mass is 167 g/mol. The van der Waals surface area contributed by atoms with E-state index in [0.717, 1.165) is 5.70 Å². The molecule has 1 unspecified atom stereocenters. The van der Waals surface area contributed by atoms with E-state index >= 15 is 0 Å². The highest BCUT2D eigenvalue weighted by atomic mass is 15.0. The van der Waals surface area contributed by atoms with Gasteiger partial charge in [0.2, 0.25) is 0 Å². The van der Waals surface area contributed by atoms with Crippen molar-refractivity contribution in [3.05, 3.63) is 24.2 Å². The second kappa shape index (κ2) is 3.27. The summed E-state index contributed by atoms with van der Waals surface area (Å²) in [4.78, 5) is 3.91. The van der Waals surface area contributed by atoms with Crippen molar-refractivity contribution < 1.29 is 0 Å². The van der Waals surface area contributed by atoms with Gasteiger partial charge < -0.3 is 22.5 Å². The van der Waals surface area contributed by atoms with E-state index < -0.39 is 0 Å². The summed E-state index contributed by atoms with van der Waals surface area (Å²) < 4.78 is 0. The maximum atomic E-state index is 5.63. The van der Waals surface area contributed by atoms with Crippen LogP contribution < -0.4 is 22.5 Å². The zero-order valence-electron chi connectivity index (χ0n) is 6.75. The Morgan fingerprint density at radius 1 is 1.58 bits per heavy atom. The van der Waals surface area contributed by atoms with Gasteiger partial charge in [-0.1, -0.05) is 6.58 Å². The molecular formula is C7H13N5. The van der Waals surface area contributed by atoms with Gasteiger partial charge >= 0.3 is 0 Å². The number of aliphatic imine (C=N–C) groups is 1. The first-order valence-electron chi connectivity index (χ1n) is 3.60. The highest BCUT2D eigenvalue weighted by molar-refractivity contribution is 5.97. The van der Waals surface area contributed by atoms with Crippen LogP contribution >= 0.6 is 0 Å². The first kappa shape index (κ1) is 8.61. The number of amidine groups is 1. The maximum absolute atomic E-state index is 5.63. The summed E-state index contributed by atoms with van der Waals surface area (Å²) in [6, 6.07) is 0. The van der Waals surface area contributed by atoms with Crippen molar-refractivity contribution in [2.24, 2.45) is 22.2 Å². The Labute approximate surface area is 71.0 Å². The molecule has 0 amide bonds. The van der Waals surface area contributed by atoms with Gasteiger partial charge in [-0.2, -0.15) is 0 Å². The number of nitrogens with one attached hydrogen (secondary N) is 1. The van der Waals surface area contributed by atoms with Gasteiger partial charge in [-0.25, -0.2) is 4.99 Å². The Hall–Kier alpha value is -1.49. The second-order valence-corrected chi connectivity index (χ2v) is 2.53. The second-order valence-electron chi connectivity index (χ2n) is 2.53. The summed E-state index contributed by atoms with van der Waals surface area (Å²) in [5, 5.41) is 2.87. The highest BCUT2D eigenvalue weighted by Crippen LogP contribution is 2.10. The highest BCUT2D eigenvalue weighted by Gasteiger charge is 2.16. The normalized spacial score (nSPS) is 23.4. The van der Waals surface area contributed by atoms with E-state index in [1.807, 2.05) is 0 Å². The lowest BCUT2D eigenvalue weighted by Gasteiger charge is -2.19. The summed E-state index contributed by atoms with van der Waals surface area (Å²) in [5.74, 6) is 0.290. The molecule has 0 saturated heterocycles. The smallest absolute Gasteiger partial charge is 0.145 e. The number of nitrogens with two attached hydrogens (primary N) is 3. The van der Waals surface area contributed by atoms with Gasteiger partial charge in [-0.3, -0.25) is 0 Å². The largest absolute Gasteiger partial charge is 0.394 e. The van der Waals surface area contributed by atoms with Gasteiger partial charge in [-0.15, -0.1) is 0 Å². The lowest BCUT2D eigenvalue weighted by atomic mass is 10.1. The Balaban J connectivity index is 2.88. The SMILES string of the molecule is C=CNC1=C(N)C(N)=NC(N)C1. The van der Waals surface area contributed by atoms with Gasteiger partial charge in [0.05, 0.1) is 5.70 Å². The van der Waals surface area contributed by atoms with Gasteiger partial charge in [-0.05, 0) is 6.20 Å². The van der Waals surface area contributed by atoms with Crippen molar-refractivity contribution in [2.75, 3.05) is 0 Å². The fraction of sp³-hybridized carbons (Fsp3) is 0.286. The first-order valence-corrected chi connectivity index (χ1v) is 3.60. The third kappa shape index (κ3) is 1.57. The summed E-state index contributed by atoms with van der Waals surface area (Å²) in [6.45, 7) is 3.52. The van der Waals surface area contributed by atoms with Gasteiger partial charge in [0, 0.05) is 12.1 Å². The molecule has 1 heterocycles. The summed E-state index contributed by atoms with van der Waals surface area (Å²) in [7, 11) is 0. The Morgan fingerprint density at radius 3 is 2.83 bits per heavy atom. The maximum Gasteiger partial charge on any atom is 0.145 e. The van der Waals surface area contributed by atoms with E-state index in [1.54, 1.807) is 0 Å². The minimum Gasteiger partial charge on any atom is -0.394 e. The Bertz CT molecular complexity index is 253. The minimum absolute atomic E-state index is 0.290. The average Bonchev–Trinajstić information content (AvgIpc) is 2.00. The van der Waals surface area contributed by atoms with Crippen LogP contribution in [0, 0.1) is 0 Å². The molecule has 0 radical (unpaired) electrons. The van der Waals surface area contributed by atoms with Crippen LogP contribution in [-0.2, 0) is 0 Å². The zero-order valence-corrected chi connectivity index (χ0v) is 6.75. The van der Waals surface area contributed by atoms with Crippen molar-refractivity contribution >= 4 is 5.84 Å². The molecule has 66 valence electrons. The standard InChI is InChI=1S/C7H13N5/c1-2-11-4-3-5(8)12-7(10)6(4)9/h2,5,11H,1,3,8-9H2,(H2,10,12). The average molecular weight is 167 g/mol. The minimum atomic E-state index is -0.306. The quantitative estimate of drug-likeness (QED) is 0.420. The number of hydrogen-bond acceptors (Lipinski definition) is 5. The van der Waals surface area contributed by atoms with Crippen molar-refractivity contribution in [1.29, 1.82) is 0 Å². The Morgan fingerprint density at radius 2 is 2.25 bits per heavy atom. The van der Waals surface area contributed by atoms with E-state index in [0.29, 0.717) is 12.1 Å². The fourth-order valence-corrected chi connectivity index (χ4v) is 1.03. The molecule has 1 aliphatic rings. The number of rotatable bonds is 2. The van der Waals surface area contributed by atoms with Gasteiger partial charge in [0.25, 0.3) is 0 Å². The van der Waals surface area contributed by atoms with Crippen molar-refractivity contribution in [2.45, 2.75) is 12.6 Å². The lowest BCUT2D eigenvalue weighted by Crippen LogP contribution is -2.36. The van der Waals surface area contributed by atoms with Crippen LogP contribution in [0.2, 0.25) is 0 Å². The molecule has 0 spiro atoms. The van der Waals surface area contributed by atoms with Crippen LogP contribution in [0.3, 0.4) is 0 Å². The third-order valence-corrected chi connectivity index (χ3v) is 1.60. The zero-order chi connectivity index (χ0) is 9.14. The molecule has 0 aromatic carbocycles. The molecule has 0 bridgehead atoms. The molecular weight excluding hydrogens is 154 g/mol. The molecule has 0 aromatic rings. The van der Waals surface area contributed by atoms with Gasteiger partial charge in [0.15, 0.2) is 0 Å². The van der Waals surface area contributed by atoms with E-state index in [1.165, 1.54) is 6.20 Å². The van der Waals surface area contributed by atoms with Crippen LogP contribution in [0.25, 0.3) is 0 Å². The molecule has 1 rings (SSSR count). The first-order chi connectivity index (χ1) is 5.65. The molecule has 7 N–H and O–H groups in total. The molecule has 12 heavy (non-hydrogen) atoms. The van der Waals surface area contributed by atoms with Crippen LogP contribution in [0.4, 0.5) is 0 Å². The van der Waals surface area contributed by atoms with Crippen molar-refractivity contribution in [1.82, 2.24) is 5.32 Å². The van der Waals surface area contributed by atoms with Crippen molar-refractivity contribution in [3.63, 3.8) is 0 Å².